The van der Waals surface area contributed by atoms with E-state index in [0.717, 1.165) is 12.1 Å². The topological polar surface area (TPSA) is 37.3 Å². The molecule has 0 fully saturated rings. The lowest BCUT2D eigenvalue weighted by Gasteiger charge is -2.11. The van der Waals surface area contributed by atoms with Crippen molar-refractivity contribution in [1.29, 1.82) is 0 Å². The van der Waals surface area contributed by atoms with E-state index in [-0.39, 0.29) is 16.1 Å². The summed E-state index contributed by atoms with van der Waals surface area (Å²) in [6.07, 6.45) is -4.73. The molecule has 0 saturated heterocycles. The number of carboxylic acids is 1. The van der Waals surface area contributed by atoms with Gasteiger partial charge in [-0.15, -0.1) is 0 Å². The third-order valence-electron chi connectivity index (χ3n) is 1.75. The Labute approximate surface area is 104 Å². The Bertz CT molecular complexity index is 461. The van der Waals surface area contributed by atoms with Crippen LogP contribution in [0.1, 0.15) is 5.56 Å². The molecule has 0 aromatic heterocycles. The van der Waals surface area contributed by atoms with Crippen molar-refractivity contribution in [2.45, 2.75) is 6.18 Å². The van der Waals surface area contributed by atoms with Crippen molar-refractivity contribution in [1.82, 2.24) is 0 Å². The molecule has 0 amide bonds. The molecule has 0 aliphatic carbocycles. The van der Waals surface area contributed by atoms with Gasteiger partial charge in [-0.25, -0.2) is 4.79 Å². The quantitative estimate of drug-likeness (QED) is 0.833. The minimum absolute atomic E-state index is 0.00645. The van der Waals surface area contributed by atoms with Crippen LogP contribution in [0.3, 0.4) is 0 Å². The molecule has 0 aliphatic rings. The summed E-state index contributed by atoms with van der Waals surface area (Å²) in [5, 5.41) is 8.39. The molecule has 0 radical (unpaired) electrons. The van der Waals surface area contributed by atoms with E-state index in [1.54, 1.807) is 0 Å². The number of aliphatic carboxylic acids is 1. The van der Waals surface area contributed by atoms with E-state index in [1.165, 1.54) is 6.07 Å². The first-order valence-corrected chi connectivity index (χ1v) is 4.94. The van der Waals surface area contributed by atoms with Gasteiger partial charge in [0.05, 0.1) is 5.57 Å². The highest BCUT2D eigenvalue weighted by Gasteiger charge is 2.35. The number of halogens is 5. The Morgan fingerprint density at radius 2 is 1.65 bits per heavy atom. The van der Waals surface area contributed by atoms with Gasteiger partial charge in [0.25, 0.3) is 0 Å². The maximum absolute atomic E-state index is 12.6. The molecule has 0 unspecified atom stereocenters. The van der Waals surface area contributed by atoms with Crippen LogP contribution >= 0.6 is 23.2 Å². The monoisotopic (exact) mass is 284 g/mol. The third kappa shape index (κ3) is 3.94. The minimum atomic E-state index is -4.80. The van der Waals surface area contributed by atoms with Gasteiger partial charge in [-0.2, -0.15) is 13.2 Å². The number of benzene rings is 1. The van der Waals surface area contributed by atoms with E-state index >= 15 is 0 Å². The van der Waals surface area contributed by atoms with E-state index < -0.39 is 23.3 Å². The van der Waals surface area contributed by atoms with Crippen LogP contribution in [0.25, 0.3) is 5.57 Å². The van der Waals surface area contributed by atoms with Gasteiger partial charge in [0.1, 0.15) is 0 Å². The van der Waals surface area contributed by atoms with Gasteiger partial charge in [0.2, 0.25) is 0 Å². The maximum Gasteiger partial charge on any atom is 0.417 e. The highest BCUT2D eigenvalue weighted by molar-refractivity contribution is 6.34. The molecular formula is C10H5Cl2F3O2. The number of alkyl halides is 3. The number of carboxylic acid groups (broad SMARTS) is 1. The zero-order valence-corrected chi connectivity index (χ0v) is 9.57. The predicted octanol–water partition coefficient (Wildman–Crippen LogP) is 4.02. The van der Waals surface area contributed by atoms with E-state index in [2.05, 4.69) is 0 Å². The Balaban J connectivity index is 3.38. The molecular weight excluding hydrogens is 280 g/mol. The Morgan fingerprint density at radius 3 is 2.00 bits per heavy atom. The summed E-state index contributed by atoms with van der Waals surface area (Å²) in [6.45, 7) is 0. The lowest BCUT2D eigenvalue weighted by molar-refractivity contribution is -0.131. The number of allylic oxidation sites excluding steroid dienone is 1. The number of hydrogen-bond acceptors (Lipinski definition) is 1. The highest BCUT2D eigenvalue weighted by Crippen LogP contribution is 2.35. The van der Waals surface area contributed by atoms with Gasteiger partial charge in [-0.1, -0.05) is 23.2 Å². The fraction of sp³-hybridized carbons (Fsp3) is 0.100. The largest absolute Gasteiger partial charge is 0.478 e. The molecule has 0 aliphatic heterocycles. The smallest absolute Gasteiger partial charge is 0.417 e. The Kier molecular flexibility index (Phi) is 4.06. The Hall–Kier alpha value is -1.20. The normalized spacial score (nSPS) is 12.6. The van der Waals surface area contributed by atoms with Gasteiger partial charge >= 0.3 is 12.1 Å². The number of carbonyl (C=O) groups is 1. The molecule has 1 N–H and O–H groups in total. The summed E-state index contributed by atoms with van der Waals surface area (Å²) in [4.78, 5) is 10.4. The molecule has 0 saturated carbocycles. The van der Waals surface area contributed by atoms with Crippen molar-refractivity contribution >= 4 is 34.7 Å². The van der Waals surface area contributed by atoms with Crippen LogP contribution in [0.4, 0.5) is 13.2 Å². The first kappa shape index (κ1) is 13.9. The lowest BCUT2D eigenvalue weighted by Crippen LogP contribution is -2.12. The average molecular weight is 285 g/mol. The molecule has 0 bridgehead atoms. The van der Waals surface area contributed by atoms with Crippen LogP contribution in [0.15, 0.2) is 24.3 Å². The molecule has 0 atom stereocenters. The SMILES string of the molecule is O=C(O)/C=C(\c1cc(Cl)cc(Cl)c1)C(F)(F)F. The van der Waals surface area contributed by atoms with Crippen LogP contribution in [-0.4, -0.2) is 17.3 Å². The van der Waals surface area contributed by atoms with Crippen LogP contribution in [0, 0.1) is 0 Å². The van der Waals surface area contributed by atoms with Gasteiger partial charge in [-0.05, 0) is 23.8 Å². The van der Waals surface area contributed by atoms with E-state index in [0.29, 0.717) is 0 Å². The lowest BCUT2D eigenvalue weighted by atomic mass is 10.1. The molecule has 0 spiro atoms. The maximum atomic E-state index is 12.6. The predicted molar refractivity (Wildman–Crippen MR) is 58.1 cm³/mol. The second-order valence-electron chi connectivity index (χ2n) is 3.05. The molecule has 2 nitrogen and oxygen atoms in total. The standard InChI is InChI=1S/C10H5Cl2F3O2/c11-6-1-5(2-7(12)3-6)8(4-9(16)17)10(13,14)15/h1-4H,(H,16,17)/b8-4+. The zero-order chi connectivity index (χ0) is 13.2. The Morgan fingerprint density at radius 1 is 1.18 bits per heavy atom. The van der Waals surface area contributed by atoms with Gasteiger partial charge < -0.3 is 5.11 Å². The molecule has 0 heterocycles. The molecule has 1 aromatic rings. The van der Waals surface area contributed by atoms with Crippen molar-refractivity contribution in [3.63, 3.8) is 0 Å². The summed E-state index contributed by atoms with van der Waals surface area (Å²) >= 11 is 11.1. The summed E-state index contributed by atoms with van der Waals surface area (Å²) in [7, 11) is 0. The zero-order valence-electron chi connectivity index (χ0n) is 8.05. The number of rotatable bonds is 2. The van der Waals surface area contributed by atoms with Crippen molar-refractivity contribution in [3.8, 4) is 0 Å². The highest BCUT2D eigenvalue weighted by atomic mass is 35.5. The van der Waals surface area contributed by atoms with Crippen molar-refractivity contribution < 1.29 is 23.1 Å². The van der Waals surface area contributed by atoms with E-state index in [4.69, 9.17) is 28.3 Å². The van der Waals surface area contributed by atoms with Gasteiger partial charge in [-0.3, -0.25) is 0 Å². The molecule has 1 rings (SSSR count). The fourth-order valence-corrected chi connectivity index (χ4v) is 1.69. The summed E-state index contributed by atoms with van der Waals surface area (Å²) in [6, 6.07) is 3.24. The third-order valence-corrected chi connectivity index (χ3v) is 2.18. The molecule has 1 aromatic carbocycles. The fourth-order valence-electron chi connectivity index (χ4n) is 1.16. The number of hydrogen-bond donors (Lipinski definition) is 1. The summed E-state index contributed by atoms with van der Waals surface area (Å²) < 4.78 is 37.8. The summed E-state index contributed by atoms with van der Waals surface area (Å²) in [5.74, 6) is -1.70. The van der Waals surface area contributed by atoms with E-state index in [9.17, 15) is 18.0 Å². The van der Waals surface area contributed by atoms with E-state index in [1.807, 2.05) is 0 Å². The van der Waals surface area contributed by atoms with Crippen LogP contribution < -0.4 is 0 Å². The van der Waals surface area contributed by atoms with Crippen LogP contribution in [0.5, 0.6) is 0 Å². The average Bonchev–Trinajstić information content (AvgIpc) is 2.10. The first-order valence-electron chi connectivity index (χ1n) is 4.18. The second kappa shape index (κ2) is 4.98. The molecule has 17 heavy (non-hydrogen) atoms. The molecule has 92 valence electrons. The second-order valence-corrected chi connectivity index (χ2v) is 3.93. The van der Waals surface area contributed by atoms with Crippen molar-refractivity contribution in [2.75, 3.05) is 0 Å². The van der Waals surface area contributed by atoms with Crippen molar-refractivity contribution in [3.05, 3.63) is 39.9 Å². The minimum Gasteiger partial charge on any atom is -0.478 e. The first-order chi connectivity index (χ1) is 7.70. The van der Waals surface area contributed by atoms with Gasteiger partial charge in [0.15, 0.2) is 0 Å². The van der Waals surface area contributed by atoms with Gasteiger partial charge in [0, 0.05) is 16.1 Å². The van der Waals surface area contributed by atoms with Crippen LogP contribution in [-0.2, 0) is 4.79 Å². The summed E-state index contributed by atoms with van der Waals surface area (Å²) in [5.41, 5.74) is -1.70. The van der Waals surface area contributed by atoms with Crippen molar-refractivity contribution in [2.24, 2.45) is 0 Å². The molecule has 7 heteroatoms. The van der Waals surface area contributed by atoms with Crippen LogP contribution in [0.2, 0.25) is 10.0 Å².